The van der Waals surface area contributed by atoms with Crippen LogP contribution in [0.3, 0.4) is 0 Å². The minimum Gasteiger partial charge on any atom is -0.397 e. The number of thioether (sulfide) groups is 1. The molecule has 82 valence electrons. The Morgan fingerprint density at radius 1 is 1.60 bits per heavy atom. The quantitative estimate of drug-likeness (QED) is 0.830. The van der Waals surface area contributed by atoms with Gasteiger partial charge in [0.1, 0.15) is 0 Å². The topological polar surface area (TPSA) is 48.0 Å². The molecule has 1 aliphatic rings. The summed E-state index contributed by atoms with van der Waals surface area (Å²) in [7, 11) is 0. The average molecular weight is 224 g/mol. The van der Waals surface area contributed by atoms with Crippen molar-refractivity contribution in [3.63, 3.8) is 0 Å². The molecule has 0 bridgehead atoms. The molecule has 0 aromatic carbocycles. The average Bonchev–Trinajstić information content (AvgIpc) is 2.71. The molecule has 1 aromatic heterocycles. The highest BCUT2D eigenvalue weighted by Crippen LogP contribution is 2.27. The van der Waals surface area contributed by atoms with Gasteiger partial charge < -0.3 is 10.3 Å². The number of hydrogen-bond acceptors (Lipinski definition) is 3. The number of nitrogens with two attached hydrogens (primary N) is 1. The van der Waals surface area contributed by atoms with Gasteiger partial charge in [0.05, 0.1) is 5.69 Å². The van der Waals surface area contributed by atoms with Crippen molar-refractivity contribution in [1.29, 1.82) is 0 Å². The van der Waals surface area contributed by atoms with Crippen LogP contribution >= 0.6 is 11.8 Å². The highest BCUT2D eigenvalue weighted by molar-refractivity contribution is 8.00. The second-order valence-electron chi connectivity index (χ2n) is 3.96. The van der Waals surface area contributed by atoms with E-state index >= 15 is 0 Å². The molecule has 2 heterocycles. The van der Waals surface area contributed by atoms with E-state index in [2.05, 4.69) is 0 Å². The Morgan fingerprint density at radius 3 is 3.07 bits per heavy atom. The highest BCUT2D eigenvalue weighted by Gasteiger charge is 2.17. The minimum absolute atomic E-state index is 0.0641. The smallest absolute Gasteiger partial charge is 0.250 e. The summed E-state index contributed by atoms with van der Waals surface area (Å²) in [5, 5.41) is 0.586. The van der Waals surface area contributed by atoms with Crippen molar-refractivity contribution < 1.29 is 0 Å². The maximum atomic E-state index is 11.7. The molecule has 1 aromatic rings. The van der Waals surface area contributed by atoms with Gasteiger partial charge in [-0.15, -0.1) is 0 Å². The van der Waals surface area contributed by atoms with Crippen LogP contribution in [0.25, 0.3) is 0 Å². The molecule has 2 N–H and O–H groups in total. The molecule has 0 spiro atoms. The standard InChI is InChI=1S/C11H16N2OS/c1-8-10(12)4-5-11(14)13(8)7-9-3-2-6-15-9/h4-5,9H,2-3,6-7,12H2,1H3. The Bertz CT molecular complexity index is 408. The first-order valence-electron chi connectivity index (χ1n) is 5.26. The molecular weight excluding hydrogens is 208 g/mol. The first-order valence-corrected chi connectivity index (χ1v) is 6.31. The maximum Gasteiger partial charge on any atom is 0.250 e. The summed E-state index contributed by atoms with van der Waals surface area (Å²) in [5.41, 5.74) is 7.47. The molecule has 1 fully saturated rings. The number of hydrogen-bond donors (Lipinski definition) is 1. The Labute approximate surface area is 93.7 Å². The monoisotopic (exact) mass is 224 g/mol. The van der Waals surface area contributed by atoms with Crippen LogP contribution in [0.5, 0.6) is 0 Å². The minimum atomic E-state index is 0.0641. The fraction of sp³-hybridized carbons (Fsp3) is 0.545. The van der Waals surface area contributed by atoms with E-state index in [-0.39, 0.29) is 5.56 Å². The number of nitrogens with zero attached hydrogens (tertiary/aromatic N) is 1. The molecule has 1 aliphatic heterocycles. The van der Waals surface area contributed by atoms with E-state index in [1.807, 2.05) is 18.7 Å². The Kier molecular flexibility index (Phi) is 3.05. The number of anilines is 1. The zero-order valence-electron chi connectivity index (χ0n) is 8.90. The molecular formula is C11H16N2OS. The molecule has 4 heteroatoms. The van der Waals surface area contributed by atoms with Gasteiger partial charge in [-0.3, -0.25) is 4.79 Å². The largest absolute Gasteiger partial charge is 0.397 e. The van der Waals surface area contributed by atoms with Crippen LogP contribution in [-0.2, 0) is 6.54 Å². The number of nitrogen functional groups attached to an aromatic ring is 1. The van der Waals surface area contributed by atoms with E-state index in [1.165, 1.54) is 18.6 Å². The summed E-state index contributed by atoms with van der Waals surface area (Å²) in [4.78, 5) is 11.7. The van der Waals surface area contributed by atoms with Crippen molar-refractivity contribution in [2.24, 2.45) is 0 Å². The molecule has 2 rings (SSSR count). The third kappa shape index (κ3) is 2.20. The third-order valence-electron chi connectivity index (χ3n) is 2.90. The lowest BCUT2D eigenvalue weighted by Crippen LogP contribution is -2.26. The van der Waals surface area contributed by atoms with Crippen LogP contribution in [0.2, 0.25) is 0 Å². The Morgan fingerprint density at radius 2 is 2.40 bits per heavy atom. The summed E-state index contributed by atoms with van der Waals surface area (Å²) < 4.78 is 1.80. The van der Waals surface area contributed by atoms with Crippen LogP contribution in [0, 0.1) is 6.92 Å². The van der Waals surface area contributed by atoms with Crippen molar-refractivity contribution in [1.82, 2.24) is 4.57 Å². The van der Waals surface area contributed by atoms with E-state index < -0.39 is 0 Å². The van der Waals surface area contributed by atoms with Crippen molar-refractivity contribution in [3.8, 4) is 0 Å². The van der Waals surface area contributed by atoms with E-state index in [9.17, 15) is 4.79 Å². The van der Waals surface area contributed by atoms with Gasteiger partial charge >= 0.3 is 0 Å². The Hall–Kier alpha value is -0.900. The van der Waals surface area contributed by atoms with Gasteiger partial charge in [0, 0.05) is 23.6 Å². The fourth-order valence-electron chi connectivity index (χ4n) is 1.91. The molecule has 3 nitrogen and oxygen atoms in total. The summed E-state index contributed by atoms with van der Waals surface area (Å²) in [6.45, 7) is 2.72. The SMILES string of the molecule is Cc1c(N)ccc(=O)n1CC1CCCS1. The molecule has 15 heavy (non-hydrogen) atoms. The van der Waals surface area contributed by atoms with Crippen molar-refractivity contribution in [2.45, 2.75) is 31.6 Å². The predicted octanol–water partition coefficient (Wildman–Crippen LogP) is 1.63. The zero-order valence-corrected chi connectivity index (χ0v) is 9.72. The second-order valence-corrected chi connectivity index (χ2v) is 5.37. The van der Waals surface area contributed by atoms with Gasteiger partial charge in [-0.1, -0.05) is 0 Å². The number of aromatic nitrogens is 1. The zero-order chi connectivity index (χ0) is 10.8. The van der Waals surface area contributed by atoms with Gasteiger partial charge in [-0.2, -0.15) is 11.8 Å². The van der Waals surface area contributed by atoms with Gasteiger partial charge in [-0.05, 0) is 31.6 Å². The van der Waals surface area contributed by atoms with E-state index in [1.54, 1.807) is 16.7 Å². The lowest BCUT2D eigenvalue weighted by atomic mass is 10.2. The second kappa shape index (κ2) is 4.31. The van der Waals surface area contributed by atoms with Gasteiger partial charge in [0.25, 0.3) is 5.56 Å². The summed E-state index contributed by atoms with van der Waals surface area (Å²) in [6.07, 6.45) is 2.48. The summed E-state index contributed by atoms with van der Waals surface area (Å²) in [6, 6.07) is 3.25. The molecule has 1 unspecified atom stereocenters. The molecule has 0 amide bonds. The van der Waals surface area contributed by atoms with E-state index in [0.29, 0.717) is 10.9 Å². The van der Waals surface area contributed by atoms with E-state index in [4.69, 9.17) is 5.73 Å². The molecule has 0 radical (unpaired) electrons. The maximum absolute atomic E-state index is 11.7. The molecule has 1 atom stereocenters. The van der Waals surface area contributed by atoms with E-state index in [0.717, 1.165) is 12.2 Å². The molecule has 0 aliphatic carbocycles. The van der Waals surface area contributed by atoms with Crippen LogP contribution in [0.1, 0.15) is 18.5 Å². The van der Waals surface area contributed by atoms with Gasteiger partial charge in [-0.25, -0.2) is 0 Å². The van der Waals surface area contributed by atoms with Crippen molar-refractivity contribution in [3.05, 3.63) is 28.2 Å². The fourth-order valence-corrected chi connectivity index (χ4v) is 3.17. The first kappa shape index (κ1) is 10.6. The van der Waals surface area contributed by atoms with Crippen LogP contribution < -0.4 is 11.3 Å². The Balaban J connectivity index is 2.26. The lowest BCUT2D eigenvalue weighted by Gasteiger charge is -2.15. The number of pyridine rings is 1. The highest BCUT2D eigenvalue weighted by atomic mass is 32.2. The third-order valence-corrected chi connectivity index (χ3v) is 4.28. The van der Waals surface area contributed by atoms with Crippen molar-refractivity contribution >= 4 is 17.4 Å². The molecule has 1 saturated heterocycles. The van der Waals surface area contributed by atoms with Crippen molar-refractivity contribution in [2.75, 3.05) is 11.5 Å². The molecule has 0 saturated carbocycles. The summed E-state index contributed by atoms with van der Waals surface area (Å²) in [5.74, 6) is 1.22. The lowest BCUT2D eigenvalue weighted by molar-refractivity contribution is 0.607. The van der Waals surface area contributed by atoms with Crippen LogP contribution in [-0.4, -0.2) is 15.6 Å². The van der Waals surface area contributed by atoms with Crippen LogP contribution in [0.4, 0.5) is 5.69 Å². The first-order chi connectivity index (χ1) is 7.18. The van der Waals surface area contributed by atoms with Gasteiger partial charge in [0.2, 0.25) is 0 Å². The normalized spacial score (nSPS) is 20.7. The summed E-state index contributed by atoms with van der Waals surface area (Å²) >= 11 is 1.96. The van der Waals surface area contributed by atoms with Gasteiger partial charge in [0.15, 0.2) is 0 Å². The van der Waals surface area contributed by atoms with Crippen LogP contribution in [0.15, 0.2) is 16.9 Å². The number of rotatable bonds is 2. The predicted molar refractivity (Wildman–Crippen MR) is 65.3 cm³/mol.